The highest BCUT2D eigenvalue weighted by Gasteiger charge is 2.30. The summed E-state index contributed by atoms with van der Waals surface area (Å²) in [5, 5.41) is 4.58. The maximum Gasteiger partial charge on any atom is 0.416 e. The average molecular weight is 467 g/mol. The average Bonchev–Trinajstić information content (AvgIpc) is 2.83. The SMILES string of the molecule is COC(=O)c1ccc([C@H](C)Nc2nccc3ccnc(Oc4cccc(C(F)(F)F)c4)c23)cc1. The number of aromatic nitrogens is 2. The molecule has 0 spiro atoms. The van der Waals surface area contributed by atoms with Gasteiger partial charge in [-0.2, -0.15) is 13.2 Å². The van der Waals surface area contributed by atoms with E-state index in [9.17, 15) is 18.0 Å². The maximum atomic E-state index is 13.1. The summed E-state index contributed by atoms with van der Waals surface area (Å²) in [5.74, 6) is 0.166. The monoisotopic (exact) mass is 467 g/mol. The molecule has 6 nitrogen and oxygen atoms in total. The number of alkyl halides is 3. The Morgan fingerprint density at radius 1 is 1.00 bits per heavy atom. The molecular weight excluding hydrogens is 447 g/mol. The van der Waals surface area contributed by atoms with Crippen molar-refractivity contribution in [3.63, 3.8) is 0 Å². The van der Waals surface area contributed by atoms with E-state index in [1.807, 2.05) is 6.92 Å². The number of hydrogen-bond donors (Lipinski definition) is 1. The second-order valence-corrected chi connectivity index (χ2v) is 7.48. The fourth-order valence-electron chi connectivity index (χ4n) is 3.44. The first-order valence-corrected chi connectivity index (χ1v) is 10.3. The molecule has 1 atom stereocenters. The van der Waals surface area contributed by atoms with Crippen molar-refractivity contribution in [2.24, 2.45) is 0 Å². The Hall–Kier alpha value is -4.14. The maximum absolute atomic E-state index is 13.1. The number of nitrogens with zero attached hydrogens (tertiary/aromatic N) is 2. The Labute approximate surface area is 193 Å². The van der Waals surface area contributed by atoms with Crippen molar-refractivity contribution in [1.29, 1.82) is 0 Å². The molecule has 2 aromatic heterocycles. The molecule has 2 aromatic carbocycles. The summed E-state index contributed by atoms with van der Waals surface area (Å²) in [6.45, 7) is 1.91. The number of esters is 1. The van der Waals surface area contributed by atoms with E-state index in [0.717, 1.165) is 23.1 Å². The number of methoxy groups -OCH3 is 1. The summed E-state index contributed by atoms with van der Waals surface area (Å²) in [5.41, 5.74) is 0.504. The molecule has 174 valence electrons. The number of rotatable bonds is 6. The van der Waals surface area contributed by atoms with Crippen molar-refractivity contribution >= 4 is 22.6 Å². The van der Waals surface area contributed by atoms with E-state index in [2.05, 4.69) is 15.3 Å². The Morgan fingerprint density at radius 2 is 1.71 bits per heavy atom. The lowest BCUT2D eigenvalue weighted by Gasteiger charge is -2.18. The van der Waals surface area contributed by atoms with Crippen molar-refractivity contribution < 1.29 is 27.4 Å². The minimum atomic E-state index is -4.49. The van der Waals surface area contributed by atoms with Gasteiger partial charge in [0.25, 0.3) is 0 Å². The number of pyridine rings is 2. The van der Waals surface area contributed by atoms with Crippen molar-refractivity contribution in [1.82, 2.24) is 9.97 Å². The third-order valence-corrected chi connectivity index (χ3v) is 5.20. The van der Waals surface area contributed by atoms with Crippen molar-refractivity contribution in [3.05, 3.63) is 89.7 Å². The topological polar surface area (TPSA) is 73.3 Å². The van der Waals surface area contributed by atoms with E-state index in [1.54, 1.807) is 42.6 Å². The van der Waals surface area contributed by atoms with Crippen LogP contribution in [0.15, 0.2) is 73.1 Å². The van der Waals surface area contributed by atoms with Crippen LogP contribution >= 0.6 is 0 Å². The van der Waals surface area contributed by atoms with Crippen LogP contribution in [0.25, 0.3) is 10.8 Å². The first-order chi connectivity index (χ1) is 16.3. The van der Waals surface area contributed by atoms with Gasteiger partial charge in [-0.15, -0.1) is 0 Å². The molecule has 4 aromatic rings. The molecule has 0 unspecified atom stereocenters. The van der Waals surface area contributed by atoms with Crippen LogP contribution in [0, 0.1) is 0 Å². The smallest absolute Gasteiger partial charge is 0.416 e. The quantitative estimate of drug-likeness (QED) is 0.331. The molecule has 34 heavy (non-hydrogen) atoms. The van der Waals surface area contributed by atoms with Gasteiger partial charge in [0.2, 0.25) is 5.88 Å². The largest absolute Gasteiger partial charge is 0.465 e. The first-order valence-electron chi connectivity index (χ1n) is 10.3. The van der Waals surface area contributed by atoms with Crippen LogP contribution in [-0.4, -0.2) is 23.0 Å². The molecule has 0 aliphatic heterocycles. The normalized spacial score (nSPS) is 12.3. The van der Waals surface area contributed by atoms with Crippen LogP contribution in [0.2, 0.25) is 0 Å². The van der Waals surface area contributed by atoms with Crippen molar-refractivity contribution in [2.45, 2.75) is 19.1 Å². The molecule has 0 saturated carbocycles. The fraction of sp³-hybridized carbons (Fsp3) is 0.160. The third-order valence-electron chi connectivity index (χ3n) is 5.20. The molecule has 0 bridgehead atoms. The molecule has 0 fully saturated rings. The Bertz CT molecular complexity index is 1320. The zero-order valence-electron chi connectivity index (χ0n) is 18.3. The second-order valence-electron chi connectivity index (χ2n) is 7.48. The van der Waals surface area contributed by atoms with Gasteiger partial charge in [-0.1, -0.05) is 18.2 Å². The number of fused-ring (bicyclic) bond motifs is 1. The van der Waals surface area contributed by atoms with Gasteiger partial charge >= 0.3 is 12.1 Å². The van der Waals surface area contributed by atoms with Crippen LogP contribution < -0.4 is 10.1 Å². The number of anilines is 1. The lowest BCUT2D eigenvalue weighted by atomic mass is 10.1. The molecular formula is C25H20F3N3O3. The third kappa shape index (κ3) is 4.93. The predicted octanol–water partition coefficient (Wildman–Crippen LogP) is 6.40. The number of halogens is 3. The lowest BCUT2D eigenvalue weighted by molar-refractivity contribution is -0.137. The summed E-state index contributed by atoms with van der Waals surface area (Å²) >= 11 is 0. The predicted molar refractivity (Wildman–Crippen MR) is 121 cm³/mol. The molecule has 1 N–H and O–H groups in total. The molecule has 0 saturated heterocycles. The molecule has 4 rings (SSSR count). The summed E-state index contributed by atoms with van der Waals surface area (Å²) < 4.78 is 49.8. The van der Waals surface area contributed by atoms with Gasteiger partial charge in [0.1, 0.15) is 11.6 Å². The molecule has 2 heterocycles. The highest BCUT2D eigenvalue weighted by atomic mass is 19.4. The first kappa shape index (κ1) is 23.0. The van der Waals surface area contributed by atoms with Crippen molar-refractivity contribution in [2.75, 3.05) is 12.4 Å². The van der Waals surface area contributed by atoms with Gasteiger partial charge in [-0.25, -0.2) is 14.8 Å². The van der Waals surface area contributed by atoms with Gasteiger partial charge in [0.15, 0.2) is 0 Å². The highest BCUT2D eigenvalue weighted by Crippen LogP contribution is 2.36. The zero-order chi connectivity index (χ0) is 24.3. The van der Waals surface area contributed by atoms with Gasteiger partial charge in [-0.3, -0.25) is 0 Å². The van der Waals surface area contributed by atoms with E-state index >= 15 is 0 Å². The minimum absolute atomic E-state index is 0.0103. The minimum Gasteiger partial charge on any atom is -0.465 e. The van der Waals surface area contributed by atoms with E-state index in [0.29, 0.717) is 16.8 Å². The molecule has 0 aliphatic carbocycles. The van der Waals surface area contributed by atoms with Crippen LogP contribution in [0.3, 0.4) is 0 Å². The van der Waals surface area contributed by atoms with Crippen molar-refractivity contribution in [3.8, 4) is 11.6 Å². The molecule has 0 radical (unpaired) electrons. The van der Waals surface area contributed by atoms with Crippen LogP contribution in [-0.2, 0) is 10.9 Å². The number of hydrogen-bond acceptors (Lipinski definition) is 6. The van der Waals surface area contributed by atoms with Gasteiger partial charge in [-0.05, 0) is 60.3 Å². The van der Waals surface area contributed by atoms with Crippen LogP contribution in [0.5, 0.6) is 11.6 Å². The molecule has 0 amide bonds. The Morgan fingerprint density at radius 3 is 2.38 bits per heavy atom. The van der Waals surface area contributed by atoms with E-state index in [4.69, 9.17) is 9.47 Å². The number of carbonyl (C=O) groups excluding carboxylic acids is 1. The fourth-order valence-corrected chi connectivity index (χ4v) is 3.44. The van der Waals surface area contributed by atoms with Crippen LogP contribution in [0.4, 0.5) is 19.0 Å². The summed E-state index contributed by atoms with van der Waals surface area (Å²) in [6.07, 6.45) is -1.35. The Balaban J connectivity index is 1.65. The van der Waals surface area contributed by atoms with Crippen LogP contribution in [0.1, 0.15) is 34.5 Å². The van der Waals surface area contributed by atoms with Gasteiger partial charge in [0, 0.05) is 18.4 Å². The van der Waals surface area contributed by atoms with Gasteiger partial charge < -0.3 is 14.8 Å². The zero-order valence-corrected chi connectivity index (χ0v) is 18.3. The highest BCUT2D eigenvalue weighted by molar-refractivity contribution is 5.96. The molecule has 9 heteroatoms. The summed E-state index contributed by atoms with van der Waals surface area (Å²) in [7, 11) is 1.32. The van der Waals surface area contributed by atoms with E-state index < -0.39 is 17.7 Å². The lowest BCUT2D eigenvalue weighted by Crippen LogP contribution is -2.09. The molecule has 0 aliphatic rings. The van der Waals surface area contributed by atoms with E-state index in [-0.39, 0.29) is 17.7 Å². The Kier molecular flexibility index (Phi) is 6.36. The standard InChI is InChI=1S/C25H20F3N3O3/c1-15(16-6-8-18(9-7-16)24(32)33-2)31-22-21-17(10-12-29-22)11-13-30-23(21)34-20-5-3-4-19(14-20)25(26,27)28/h3-15H,1-2H3,(H,29,31)/t15-/m0/s1. The number of ether oxygens (including phenoxy) is 2. The van der Waals surface area contributed by atoms with Gasteiger partial charge in [0.05, 0.1) is 23.6 Å². The summed E-state index contributed by atoms with van der Waals surface area (Å²) in [4.78, 5) is 20.3. The number of nitrogens with one attached hydrogen (secondary N) is 1. The second kappa shape index (κ2) is 9.38. The van der Waals surface area contributed by atoms with E-state index in [1.165, 1.54) is 25.4 Å². The summed E-state index contributed by atoms with van der Waals surface area (Å²) in [6, 6.07) is 14.9. The number of carbonyl (C=O) groups is 1. The number of benzene rings is 2.